The molecule has 0 bridgehead atoms. The minimum Gasteiger partial charge on any atom is -0.159 e. The van der Waals surface area contributed by atoms with E-state index in [2.05, 4.69) is 77.6 Å². The molecule has 1 amide bonds. The van der Waals surface area contributed by atoms with Gasteiger partial charge in [-0.05, 0) is 41.8 Å². The summed E-state index contributed by atoms with van der Waals surface area (Å²) >= 11 is 0.347. The molecule has 0 saturated heterocycles. The maximum Gasteiger partial charge on any atom is 0.0496 e. The normalized spacial score (nSPS) is 9.92. The zero-order valence-corrected chi connectivity index (χ0v) is 21.0. The summed E-state index contributed by atoms with van der Waals surface area (Å²) in [5.74, 6) is -0.895. The van der Waals surface area contributed by atoms with E-state index < -0.39 is 18.0 Å². The molecule has 8 nitrogen and oxygen atoms in total. The van der Waals surface area contributed by atoms with E-state index in [0.717, 1.165) is 6.07 Å². The van der Waals surface area contributed by atoms with Gasteiger partial charge in [-0.1, -0.05) is 30.3 Å². The van der Waals surface area contributed by atoms with Gasteiger partial charge in [0.25, 0.3) is 0 Å². The zero-order valence-electron chi connectivity index (χ0n) is 19.3. The molecule has 0 unspecified atom stereocenters. The number of para-hydroxylation sites is 3. The minimum absolute atomic E-state index is 0.0117. The van der Waals surface area contributed by atoms with Crippen molar-refractivity contribution in [1.82, 2.24) is 24.0 Å². The van der Waals surface area contributed by atoms with Crippen LogP contribution in [-0.2, 0) is 11.8 Å². The molecule has 1 N–H and O–H groups in total. The Bertz CT molecular complexity index is 1240. The van der Waals surface area contributed by atoms with Crippen molar-refractivity contribution < 1.29 is 22.7 Å². The summed E-state index contributed by atoms with van der Waals surface area (Å²) in [6.45, 7) is 1.20. The molecule has 3 heterocycles. The van der Waals surface area contributed by atoms with Gasteiger partial charge in [0.1, 0.15) is 0 Å². The largest absolute Gasteiger partial charge is 0.159 e. The number of carbonyl (C=O) groups excluding carboxylic acids is 1. The van der Waals surface area contributed by atoms with Crippen molar-refractivity contribution >= 4 is 37.2 Å². The summed E-state index contributed by atoms with van der Waals surface area (Å²) in [5.41, 5.74) is 1.28. The molecule has 0 aliphatic rings. The second kappa shape index (κ2) is 15.1. The Hall–Kier alpha value is -4.02. The van der Waals surface area contributed by atoms with Gasteiger partial charge in [0.05, 0.1) is 5.69 Å². The number of amides is 1. The van der Waals surface area contributed by atoms with Gasteiger partial charge in [-0.2, -0.15) is 10.2 Å². The van der Waals surface area contributed by atoms with E-state index in [9.17, 15) is 18.0 Å². The van der Waals surface area contributed by atoms with Crippen molar-refractivity contribution in [2.75, 3.05) is 5.32 Å². The molecule has 0 aliphatic carbocycles. The average Bonchev–Trinajstić information content (AvgIpc) is 3.56. The Morgan fingerprint density at radius 3 is 2.08 bits per heavy atom. The van der Waals surface area contributed by atoms with E-state index in [0.29, 0.717) is 14.7 Å². The molecule has 0 spiro atoms. The van der Waals surface area contributed by atoms with Crippen LogP contribution in [0, 0.1) is 0 Å². The number of hydrogen-bond donors (Lipinski definition) is 1. The van der Waals surface area contributed by atoms with Crippen LogP contribution in [0.1, 0.15) is 6.92 Å². The van der Waals surface area contributed by atoms with Crippen LogP contribution in [0.15, 0.2) is 96.5 Å². The van der Waals surface area contributed by atoms with Crippen molar-refractivity contribution in [2.24, 2.45) is 7.05 Å². The zero-order chi connectivity index (χ0) is 26.2. The fourth-order valence-corrected chi connectivity index (χ4v) is 3.16. The summed E-state index contributed by atoms with van der Waals surface area (Å²) < 4.78 is 45.3. The maximum absolute atomic E-state index is 11.9. The molecular formula is C24H23F3N6O2Se. The van der Waals surface area contributed by atoms with Crippen LogP contribution >= 0.6 is 0 Å². The number of ether oxygens (including phenoxy) is 1. The van der Waals surface area contributed by atoms with Crippen LogP contribution in [0.4, 0.5) is 18.9 Å². The number of nitrogens with one attached hydrogen (secondary N) is 1. The summed E-state index contributed by atoms with van der Waals surface area (Å²) in [6, 6.07) is 19.5. The molecule has 0 saturated carbocycles. The summed E-state index contributed by atoms with van der Waals surface area (Å²) in [6.07, 6.45) is 2.30. The van der Waals surface area contributed by atoms with Crippen molar-refractivity contribution in [3.05, 3.63) is 96.5 Å². The molecule has 188 valence electrons. The average molecular weight is 563 g/mol. The molecule has 5 aromatic rings. The molecule has 5 rings (SSSR count). The van der Waals surface area contributed by atoms with E-state index in [1.807, 2.05) is 17.1 Å². The minimum atomic E-state index is -4.77. The van der Waals surface area contributed by atoms with Gasteiger partial charge in [-0.15, -0.1) is 13.2 Å². The van der Waals surface area contributed by atoms with Gasteiger partial charge in [0, 0.05) is 38.1 Å². The number of nitrogens with zero attached hydrogens (tertiary/aromatic N) is 5. The number of anilines is 1. The van der Waals surface area contributed by atoms with E-state index >= 15 is 0 Å². The van der Waals surface area contributed by atoms with E-state index in [1.54, 1.807) is 18.6 Å². The number of rotatable bonds is 2. The Labute approximate surface area is 211 Å². The number of aryl methyl sites for hydroxylation is 1. The first kappa shape index (κ1) is 28.2. The van der Waals surface area contributed by atoms with Crippen LogP contribution in [0.2, 0.25) is 0 Å². The monoisotopic (exact) mass is 564 g/mol. The van der Waals surface area contributed by atoms with E-state index in [4.69, 9.17) is 0 Å². The smallest absolute Gasteiger partial charge is 0.0496 e. The Kier molecular flexibility index (Phi) is 11.8. The van der Waals surface area contributed by atoms with Gasteiger partial charge >= 0.3 is 41.4 Å². The van der Waals surface area contributed by atoms with Gasteiger partial charge < -0.3 is 14.6 Å². The molecule has 0 aliphatic heterocycles. The first-order valence-electron chi connectivity index (χ1n) is 10.3. The number of fused-ring (bicyclic) bond motifs is 1. The van der Waals surface area contributed by atoms with Crippen LogP contribution in [0.25, 0.3) is 10.9 Å². The fourth-order valence-electron chi connectivity index (χ4n) is 2.58. The van der Waals surface area contributed by atoms with Crippen LogP contribution in [0.3, 0.4) is 0 Å². The summed E-state index contributed by atoms with van der Waals surface area (Å²) in [7, 11) is 2.06. The van der Waals surface area contributed by atoms with Gasteiger partial charge in [-0.25, -0.2) is 0 Å². The second-order valence-electron chi connectivity index (χ2n) is 6.71. The van der Waals surface area contributed by atoms with Crippen molar-refractivity contribution in [2.45, 2.75) is 13.3 Å². The first-order chi connectivity index (χ1) is 17.3. The van der Waals surface area contributed by atoms with Crippen molar-refractivity contribution in [3.63, 3.8) is 0 Å². The van der Waals surface area contributed by atoms with Gasteiger partial charge in [-0.3, -0.25) is 4.79 Å². The summed E-state index contributed by atoms with van der Waals surface area (Å²) in [4.78, 5) is 12.6. The third-order valence-corrected chi connectivity index (χ3v) is 4.89. The molecular weight excluding hydrogens is 540 g/mol. The molecule has 0 fully saturated rings. The third kappa shape index (κ3) is 11.4. The second-order valence-corrected chi connectivity index (χ2v) is 8.07. The molecule has 0 atom stereocenters. The van der Waals surface area contributed by atoms with E-state index in [1.165, 1.54) is 36.0 Å². The molecule has 2 aromatic carbocycles. The Balaban J connectivity index is 0.000000185. The Morgan fingerprint density at radius 2 is 1.58 bits per heavy atom. The number of alkyl halides is 3. The van der Waals surface area contributed by atoms with Crippen LogP contribution in [0.5, 0.6) is 5.75 Å². The molecule has 3 aromatic heterocycles. The van der Waals surface area contributed by atoms with Crippen LogP contribution < -0.4 is 10.1 Å². The molecule has 0 radical (unpaired) electrons. The first-order valence-corrected chi connectivity index (χ1v) is 12.1. The third-order valence-electron chi connectivity index (χ3n) is 3.98. The maximum atomic E-state index is 11.9. The van der Waals surface area contributed by atoms with Crippen molar-refractivity contribution in [1.29, 1.82) is 0 Å². The Morgan fingerprint density at radius 1 is 0.917 bits per heavy atom. The molecule has 12 heteroatoms. The predicted octanol–water partition coefficient (Wildman–Crippen LogP) is 4.73. The van der Waals surface area contributed by atoms with E-state index in [-0.39, 0.29) is 5.69 Å². The molecule has 36 heavy (non-hydrogen) atoms. The van der Waals surface area contributed by atoms with Gasteiger partial charge in [0.2, 0.25) is 5.91 Å². The topological polar surface area (TPSA) is 94.8 Å². The predicted molar refractivity (Wildman–Crippen MR) is 131 cm³/mol. The number of benzene rings is 2. The number of carbonyl (C=O) groups is 1. The number of aromatic nitrogens is 5. The number of halogens is 3. The quantitative estimate of drug-likeness (QED) is 0.312. The standard InChI is InChI=1S/C9H8F3NO2.C9H9N.C4H4N2.C2H2N2Se/c1-6(14)13-7-4-2-3-5-8(7)15-9(10,11)12;1-10-7-6-8-4-2-3-5-9(8)10;1-2-4-6-5-3-1;1-2-5-4-3-1/h2-5H,1H3,(H,13,14);2-7H,1H3;1-4H;1-2H. The van der Waals surface area contributed by atoms with Crippen LogP contribution in [-0.4, -0.2) is 51.0 Å². The van der Waals surface area contributed by atoms with Crippen molar-refractivity contribution in [3.8, 4) is 5.75 Å². The fraction of sp³-hybridized carbons (Fsp3) is 0.125. The van der Waals surface area contributed by atoms with Gasteiger partial charge in [0.15, 0.2) is 5.75 Å². The number of hydrogen-bond acceptors (Lipinski definition) is 6. The summed E-state index contributed by atoms with van der Waals surface area (Å²) in [5, 5.41) is 14.2. The SMILES string of the molecule is CC(=O)Nc1ccccc1OC(F)(F)F.Cn1ccc2ccccc21.c1c[se]nn1.c1ccnnc1.